The number of benzene rings is 1. The smallest absolute Gasteiger partial charge is 0.241 e. The van der Waals surface area contributed by atoms with Gasteiger partial charge < -0.3 is 19.8 Å². The number of piperidine rings is 1. The molecule has 2 unspecified atom stereocenters. The van der Waals surface area contributed by atoms with E-state index < -0.39 is 0 Å². The van der Waals surface area contributed by atoms with Crippen LogP contribution >= 0.6 is 0 Å². The van der Waals surface area contributed by atoms with E-state index in [1.807, 2.05) is 13.0 Å². The molecule has 2 saturated heterocycles. The standard InChI is InChI=1S/C20H21FN4O2/c1-11-2-3-14(16(21)4-11)15-7-23-18-17(15)24-10-25-20(18)27-19-12-5-22-6-13(19)9-26-8-12/h2-4,7,10,12-13,19,22-23H,5-6,8-9H2,1H3. The van der Waals surface area contributed by atoms with Gasteiger partial charge in [0.1, 0.15) is 29.3 Å². The van der Waals surface area contributed by atoms with E-state index in [1.54, 1.807) is 12.3 Å². The Balaban J connectivity index is 1.52. The molecule has 7 heteroatoms. The fourth-order valence-electron chi connectivity index (χ4n) is 4.12. The molecule has 0 amide bonds. The first-order valence-electron chi connectivity index (χ1n) is 9.24. The molecule has 27 heavy (non-hydrogen) atoms. The van der Waals surface area contributed by atoms with Crippen LogP contribution in [0.2, 0.25) is 0 Å². The van der Waals surface area contributed by atoms with Gasteiger partial charge in [-0.25, -0.2) is 9.37 Å². The highest BCUT2D eigenvalue weighted by Gasteiger charge is 2.39. The number of aryl methyl sites for hydroxylation is 1. The average Bonchev–Trinajstić information content (AvgIpc) is 3.06. The highest BCUT2D eigenvalue weighted by Crippen LogP contribution is 2.34. The number of nitrogens with zero attached hydrogens (tertiary/aromatic N) is 2. The maximum atomic E-state index is 14.5. The predicted octanol–water partition coefficient (Wildman–Crippen LogP) is 2.69. The van der Waals surface area contributed by atoms with Crippen molar-refractivity contribution in [3.63, 3.8) is 0 Å². The predicted molar refractivity (Wildman–Crippen MR) is 99.1 cm³/mol. The van der Waals surface area contributed by atoms with Crippen molar-refractivity contribution < 1.29 is 13.9 Å². The molecule has 0 aliphatic carbocycles. The monoisotopic (exact) mass is 368 g/mol. The Labute approximate surface area is 156 Å². The van der Waals surface area contributed by atoms with Crippen LogP contribution in [0, 0.1) is 24.6 Å². The van der Waals surface area contributed by atoms with Crippen LogP contribution in [0.1, 0.15) is 5.56 Å². The molecule has 2 atom stereocenters. The molecular formula is C20H21FN4O2. The lowest BCUT2D eigenvalue weighted by atomic mass is 9.86. The summed E-state index contributed by atoms with van der Waals surface area (Å²) in [6.45, 7) is 5.00. The van der Waals surface area contributed by atoms with Crippen LogP contribution in [0.25, 0.3) is 22.2 Å². The summed E-state index contributed by atoms with van der Waals surface area (Å²) in [5, 5.41) is 3.43. The van der Waals surface area contributed by atoms with E-state index in [-0.39, 0.29) is 11.9 Å². The molecule has 3 aromatic rings. The molecule has 0 spiro atoms. The summed E-state index contributed by atoms with van der Waals surface area (Å²) in [6, 6.07) is 5.21. The molecule has 5 rings (SSSR count). The van der Waals surface area contributed by atoms with E-state index in [0.29, 0.717) is 53.1 Å². The van der Waals surface area contributed by atoms with Gasteiger partial charge in [-0.15, -0.1) is 0 Å². The van der Waals surface area contributed by atoms with Crippen molar-refractivity contribution in [1.29, 1.82) is 0 Å². The zero-order valence-electron chi connectivity index (χ0n) is 15.0. The minimum atomic E-state index is -0.262. The SMILES string of the molecule is Cc1ccc(-c2c[nH]c3c(OC4C5CNCC4COC5)ncnc23)c(F)c1. The third-order valence-electron chi connectivity index (χ3n) is 5.50. The van der Waals surface area contributed by atoms with Crippen molar-refractivity contribution in [2.24, 2.45) is 11.8 Å². The van der Waals surface area contributed by atoms with Crippen LogP contribution in [-0.4, -0.2) is 47.4 Å². The molecule has 2 N–H and O–H groups in total. The van der Waals surface area contributed by atoms with E-state index in [0.717, 1.165) is 18.7 Å². The molecule has 2 aliphatic rings. The number of hydrogen-bond acceptors (Lipinski definition) is 5. The maximum Gasteiger partial charge on any atom is 0.241 e. The van der Waals surface area contributed by atoms with E-state index in [2.05, 4.69) is 20.3 Å². The Kier molecular flexibility index (Phi) is 4.06. The topological polar surface area (TPSA) is 72.1 Å². The number of hydrogen-bond donors (Lipinski definition) is 2. The minimum Gasteiger partial charge on any atom is -0.472 e. The molecule has 2 bridgehead atoms. The lowest BCUT2D eigenvalue weighted by Gasteiger charge is -2.41. The van der Waals surface area contributed by atoms with Crippen LogP contribution in [0.5, 0.6) is 5.88 Å². The van der Waals surface area contributed by atoms with E-state index >= 15 is 0 Å². The number of aromatic nitrogens is 3. The minimum absolute atomic E-state index is 0.0564. The van der Waals surface area contributed by atoms with Crippen molar-refractivity contribution in [3.8, 4) is 17.0 Å². The van der Waals surface area contributed by atoms with Gasteiger partial charge in [0, 0.05) is 42.2 Å². The van der Waals surface area contributed by atoms with Crippen LogP contribution in [0.4, 0.5) is 4.39 Å². The van der Waals surface area contributed by atoms with Gasteiger partial charge in [-0.1, -0.05) is 12.1 Å². The van der Waals surface area contributed by atoms with Gasteiger partial charge in [0.05, 0.1) is 13.2 Å². The summed E-state index contributed by atoms with van der Waals surface area (Å²) in [6.07, 6.45) is 3.31. The second-order valence-corrected chi connectivity index (χ2v) is 7.39. The number of ether oxygens (including phenoxy) is 2. The van der Waals surface area contributed by atoms with Crippen LogP contribution < -0.4 is 10.1 Å². The zero-order chi connectivity index (χ0) is 18.4. The van der Waals surface area contributed by atoms with Crippen LogP contribution in [-0.2, 0) is 4.74 Å². The Morgan fingerprint density at radius 1 is 1.15 bits per heavy atom. The van der Waals surface area contributed by atoms with Crippen molar-refractivity contribution >= 4 is 11.0 Å². The number of rotatable bonds is 3. The fourth-order valence-corrected chi connectivity index (χ4v) is 4.12. The Morgan fingerprint density at radius 3 is 2.74 bits per heavy atom. The first kappa shape index (κ1) is 16.6. The maximum absolute atomic E-state index is 14.5. The van der Waals surface area contributed by atoms with Crippen molar-refractivity contribution in [2.75, 3.05) is 26.3 Å². The lowest BCUT2D eigenvalue weighted by Crippen LogP contribution is -2.56. The van der Waals surface area contributed by atoms with Crippen LogP contribution in [0.15, 0.2) is 30.7 Å². The molecule has 0 saturated carbocycles. The molecule has 2 aliphatic heterocycles. The number of fused-ring (bicyclic) bond motifs is 3. The average molecular weight is 368 g/mol. The molecule has 140 valence electrons. The Bertz CT molecular complexity index is 967. The molecule has 4 heterocycles. The highest BCUT2D eigenvalue weighted by molar-refractivity contribution is 5.94. The molecule has 2 fully saturated rings. The van der Waals surface area contributed by atoms with Gasteiger partial charge in [-0.05, 0) is 18.6 Å². The van der Waals surface area contributed by atoms with Crippen LogP contribution in [0.3, 0.4) is 0 Å². The number of halogens is 1. The number of nitrogens with one attached hydrogen (secondary N) is 2. The molecule has 6 nitrogen and oxygen atoms in total. The molecule has 1 aromatic carbocycles. The van der Waals surface area contributed by atoms with Gasteiger partial charge in [0.2, 0.25) is 5.88 Å². The number of H-pyrrole nitrogens is 1. The lowest BCUT2D eigenvalue weighted by molar-refractivity contribution is -0.0829. The van der Waals surface area contributed by atoms with Crippen molar-refractivity contribution in [1.82, 2.24) is 20.3 Å². The van der Waals surface area contributed by atoms with E-state index in [1.165, 1.54) is 12.4 Å². The first-order chi connectivity index (χ1) is 13.2. The summed E-state index contributed by atoms with van der Waals surface area (Å²) < 4.78 is 26.5. The van der Waals surface area contributed by atoms with Gasteiger partial charge in [0.25, 0.3) is 0 Å². The normalized spacial score (nSPS) is 24.9. The van der Waals surface area contributed by atoms with Crippen molar-refractivity contribution in [2.45, 2.75) is 13.0 Å². The summed E-state index contributed by atoms with van der Waals surface area (Å²) in [5.74, 6) is 0.850. The fraction of sp³-hybridized carbons (Fsp3) is 0.400. The first-order valence-corrected chi connectivity index (χ1v) is 9.24. The quantitative estimate of drug-likeness (QED) is 0.744. The Hall–Kier alpha value is -2.51. The highest BCUT2D eigenvalue weighted by atomic mass is 19.1. The molecular weight excluding hydrogens is 347 g/mol. The summed E-state index contributed by atoms with van der Waals surface area (Å²) in [5.41, 5.74) is 3.48. The van der Waals surface area contributed by atoms with Gasteiger partial charge >= 0.3 is 0 Å². The second kappa shape index (κ2) is 6.58. The summed E-state index contributed by atoms with van der Waals surface area (Å²) in [4.78, 5) is 11.9. The van der Waals surface area contributed by atoms with E-state index in [4.69, 9.17) is 9.47 Å². The largest absolute Gasteiger partial charge is 0.472 e. The number of aromatic amines is 1. The Morgan fingerprint density at radius 2 is 1.96 bits per heavy atom. The zero-order valence-corrected chi connectivity index (χ0v) is 15.0. The third-order valence-corrected chi connectivity index (χ3v) is 5.50. The van der Waals surface area contributed by atoms with Gasteiger partial charge in [0.15, 0.2) is 0 Å². The second-order valence-electron chi connectivity index (χ2n) is 7.39. The van der Waals surface area contributed by atoms with E-state index in [9.17, 15) is 4.39 Å². The molecule has 0 radical (unpaired) electrons. The summed E-state index contributed by atoms with van der Waals surface area (Å²) >= 11 is 0. The third kappa shape index (κ3) is 2.87. The van der Waals surface area contributed by atoms with Gasteiger partial charge in [-0.2, -0.15) is 4.98 Å². The molecule has 2 aromatic heterocycles. The van der Waals surface area contributed by atoms with Crippen molar-refractivity contribution in [3.05, 3.63) is 42.1 Å². The summed E-state index contributed by atoms with van der Waals surface area (Å²) in [7, 11) is 0. The van der Waals surface area contributed by atoms with Gasteiger partial charge in [-0.3, -0.25) is 0 Å².